The Morgan fingerprint density at radius 1 is 1.56 bits per heavy atom. The highest BCUT2D eigenvalue weighted by Crippen LogP contribution is 2.25. The van der Waals surface area contributed by atoms with Crippen LogP contribution in [0.15, 0.2) is 6.20 Å². The number of aryl methyl sites for hydroxylation is 1. The zero-order chi connectivity index (χ0) is 12.5. The van der Waals surface area contributed by atoms with Crippen molar-refractivity contribution in [3.8, 4) is 0 Å². The summed E-state index contributed by atoms with van der Waals surface area (Å²) in [5.74, 6) is 0.482. The zero-order valence-electron chi connectivity index (χ0n) is 10.8. The first-order chi connectivity index (χ1) is 8.74. The van der Waals surface area contributed by atoms with Gasteiger partial charge in [0.2, 0.25) is 5.91 Å². The summed E-state index contributed by atoms with van der Waals surface area (Å²) >= 11 is 0. The Morgan fingerprint density at radius 3 is 3.28 bits per heavy atom. The van der Waals surface area contributed by atoms with E-state index >= 15 is 0 Å². The van der Waals surface area contributed by atoms with Gasteiger partial charge in [-0.1, -0.05) is 0 Å². The van der Waals surface area contributed by atoms with Gasteiger partial charge in [-0.3, -0.25) is 9.89 Å². The molecule has 1 saturated heterocycles. The number of H-pyrrole nitrogens is 1. The number of carbonyl (C=O) groups is 1. The highest BCUT2D eigenvalue weighted by molar-refractivity contribution is 5.79. The number of aromatic nitrogens is 2. The van der Waals surface area contributed by atoms with E-state index in [4.69, 9.17) is 0 Å². The van der Waals surface area contributed by atoms with E-state index in [2.05, 4.69) is 22.4 Å². The Kier molecular flexibility index (Phi) is 3.07. The van der Waals surface area contributed by atoms with Gasteiger partial charge in [0.25, 0.3) is 0 Å². The van der Waals surface area contributed by atoms with E-state index in [-0.39, 0.29) is 5.92 Å². The molecule has 2 N–H and O–H groups in total. The lowest BCUT2D eigenvalue weighted by Crippen LogP contribution is -2.53. The molecule has 1 aromatic heterocycles. The maximum Gasteiger partial charge on any atom is 0.226 e. The number of nitrogens with one attached hydrogen (secondary N) is 2. The van der Waals surface area contributed by atoms with Crippen LogP contribution in [0.5, 0.6) is 0 Å². The molecule has 0 aromatic carbocycles. The molecule has 1 unspecified atom stereocenters. The lowest BCUT2D eigenvalue weighted by atomic mass is 9.86. The summed E-state index contributed by atoms with van der Waals surface area (Å²) in [4.78, 5) is 14.5. The number of piperazine rings is 1. The van der Waals surface area contributed by atoms with Crippen LogP contribution in [0.2, 0.25) is 0 Å². The zero-order valence-corrected chi connectivity index (χ0v) is 10.8. The second-order valence-electron chi connectivity index (χ2n) is 5.45. The fourth-order valence-corrected chi connectivity index (χ4v) is 3.02. The van der Waals surface area contributed by atoms with Crippen molar-refractivity contribution in [2.75, 3.05) is 19.6 Å². The van der Waals surface area contributed by atoms with Gasteiger partial charge in [-0.25, -0.2) is 0 Å². The Bertz CT molecular complexity index is 442. The van der Waals surface area contributed by atoms with Gasteiger partial charge in [0.15, 0.2) is 0 Å². The van der Waals surface area contributed by atoms with Crippen LogP contribution in [0.4, 0.5) is 0 Å². The lowest BCUT2D eigenvalue weighted by molar-refractivity contribution is -0.137. The van der Waals surface area contributed by atoms with Crippen LogP contribution in [0.1, 0.15) is 24.6 Å². The third-order valence-corrected chi connectivity index (χ3v) is 4.05. The Balaban J connectivity index is 1.67. The minimum Gasteiger partial charge on any atom is -0.340 e. The summed E-state index contributed by atoms with van der Waals surface area (Å²) in [6.07, 6.45) is 4.62. The van der Waals surface area contributed by atoms with Crippen molar-refractivity contribution >= 4 is 5.91 Å². The van der Waals surface area contributed by atoms with Crippen molar-refractivity contribution in [3.63, 3.8) is 0 Å². The Morgan fingerprint density at radius 2 is 2.44 bits per heavy atom. The number of carbonyl (C=O) groups excluding carboxylic acids is 1. The topological polar surface area (TPSA) is 61.0 Å². The number of hydrogen-bond acceptors (Lipinski definition) is 3. The predicted octanol–water partition coefficient (Wildman–Crippen LogP) is 0.335. The van der Waals surface area contributed by atoms with Gasteiger partial charge in [-0.15, -0.1) is 0 Å². The molecule has 5 heteroatoms. The van der Waals surface area contributed by atoms with E-state index in [1.807, 2.05) is 11.1 Å². The van der Waals surface area contributed by atoms with Crippen LogP contribution in [0, 0.1) is 5.92 Å². The third kappa shape index (κ3) is 2.14. The van der Waals surface area contributed by atoms with Crippen LogP contribution >= 0.6 is 0 Å². The van der Waals surface area contributed by atoms with Crippen molar-refractivity contribution < 1.29 is 4.79 Å². The molecule has 98 valence electrons. The molecule has 2 atom stereocenters. The number of rotatable bonds is 1. The maximum absolute atomic E-state index is 12.5. The van der Waals surface area contributed by atoms with Crippen molar-refractivity contribution in [1.29, 1.82) is 0 Å². The minimum absolute atomic E-state index is 0.153. The fourth-order valence-electron chi connectivity index (χ4n) is 3.02. The molecular weight excluding hydrogens is 228 g/mol. The van der Waals surface area contributed by atoms with Gasteiger partial charge < -0.3 is 10.2 Å². The largest absolute Gasteiger partial charge is 0.340 e. The highest BCUT2D eigenvalue weighted by atomic mass is 16.2. The second-order valence-corrected chi connectivity index (χ2v) is 5.45. The number of hydrogen-bond donors (Lipinski definition) is 2. The van der Waals surface area contributed by atoms with Gasteiger partial charge in [-0.05, 0) is 31.7 Å². The summed E-state index contributed by atoms with van der Waals surface area (Å²) in [6, 6.07) is 0.413. The standard InChI is InChI=1S/C13H20N4O/c1-9-8-17(5-4-14-9)13(18)10-2-3-12-11(6-10)7-15-16-12/h7,9-10,14H,2-6,8H2,1H3,(H,15,16)/t9-,10?/m1/s1. The summed E-state index contributed by atoms with van der Waals surface area (Å²) in [6.45, 7) is 4.73. The Hall–Kier alpha value is -1.36. The molecule has 3 rings (SSSR count). The number of nitrogens with zero attached hydrogens (tertiary/aromatic N) is 2. The van der Waals surface area contributed by atoms with E-state index in [1.54, 1.807) is 0 Å². The molecular formula is C13H20N4O. The van der Waals surface area contributed by atoms with Crippen LogP contribution in [-0.2, 0) is 17.6 Å². The molecule has 1 aliphatic carbocycles. The molecule has 1 aliphatic heterocycles. The minimum atomic E-state index is 0.153. The molecule has 1 aromatic rings. The highest BCUT2D eigenvalue weighted by Gasteiger charge is 2.30. The number of fused-ring (bicyclic) bond motifs is 1. The van der Waals surface area contributed by atoms with Crippen molar-refractivity contribution in [2.24, 2.45) is 5.92 Å². The van der Waals surface area contributed by atoms with Crippen LogP contribution < -0.4 is 5.32 Å². The summed E-state index contributed by atoms with van der Waals surface area (Å²) in [5, 5.41) is 10.5. The Labute approximate surface area is 107 Å². The maximum atomic E-state index is 12.5. The third-order valence-electron chi connectivity index (χ3n) is 4.05. The molecule has 1 fully saturated rings. The van der Waals surface area contributed by atoms with Crippen LogP contribution in [0.3, 0.4) is 0 Å². The first kappa shape index (κ1) is 11.7. The van der Waals surface area contributed by atoms with E-state index in [9.17, 15) is 4.79 Å². The normalized spacial score (nSPS) is 27.9. The predicted molar refractivity (Wildman–Crippen MR) is 68.1 cm³/mol. The monoisotopic (exact) mass is 248 g/mol. The van der Waals surface area contributed by atoms with E-state index < -0.39 is 0 Å². The smallest absolute Gasteiger partial charge is 0.226 e. The first-order valence-electron chi connectivity index (χ1n) is 6.77. The van der Waals surface area contributed by atoms with Crippen molar-refractivity contribution in [3.05, 3.63) is 17.5 Å². The summed E-state index contributed by atoms with van der Waals surface area (Å²) in [7, 11) is 0. The molecule has 5 nitrogen and oxygen atoms in total. The molecule has 0 radical (unpaired) electrons. The summed E-state index contributed by atoms with van der Waals surface area (Å²) < 4.78 is 0. The lowest BCUT2D eigenvalue weighted by Gasteiger charge is -2.35. The molecule has 0 spiro atoms. The SMILES string of the molecule is C[C@@H]1CN(C(=O)C2CCc3[nH]ncc3C2)CCN1. The van der Waals surface area contributed by atoms with Gasteiger partial charge in [0.1, 0.15) is 0 Å². The average molecular weight is 248 g/mol. The van der Waals surface area contributed by atoms with Gasteiger partial charge in [0.05, 0.1) is 6.20 Å². The first-order valence-corrected chi connectivity index (χ1v) is 6.77. The molecule has 2 aliphatic rings. The van der Waals surface area contributed by atoms with E-state index in [0.29, 0.717) is 11.9 Å². The second kappa shape index (κ2) is 4.72. The molecule has 2 heterocycles. The van der Waals surface area contributed by atoms with Crippen LogP contribution in [0.25, 0.3) is 0 Å². The van der Waals surface area contributed by atoms with Crippen molar-refractivity contribution in [1.82, 2.24) is 20.4 Å². The summed E-state index contributed by atoms with van der Waals surface area (Å²) in [5.41, 5.74) is 2.44. The van der Waals surface area contributed by atoms with Gasteiger partial charge in [0, 0.05) is 37.3 Å². The molecule has 0 saturated carbocycles. The van der Waals surface area contributed by atoms with Gasteiger partial charge in [-0.2, -0.15) is 5.10 Å². The van der Waals surface area contributed by atoms with Gasteiger partial charge >= 0.3 is 0 Å². The molecule has 18 heavy (non-hydrogen) atoms. The van der Waals surface area contributed by atoms with E-state index in [0.717, 1.165) is 38.9 Å². The van der Waals surface area contributed by atoms with Crippen LogP contribution in [-0.4, -0.2) is 46.7 Å². The van der Waals surface area contributed by atoms with E-state index in [1.165, 1.54) is 11.3 Å². The average Bonchev–Trinajstić information content (AvgIpc) is 2.85. The number of aromatic amines is 1. The fraction of sp³-hybridized carbons (Fsp3) is 0.692. The molecule has 0 bridgehead atoms. The molecule has 1 amide bonds. The quantitative estimate of drug-likeness (QED) is 0.753. The number of amides is 1. The van der Waals surface area contributed by atoms with Crippen molar-refractivity contribution in [2.45, 2.75) is 32.2 Å².